The van der Waals surface area contributed by atoms with E-state index in [2.05, 4.69) is 20.4 Å². The van der Waals surface area contributed by atoms with Crippen LogP contribution in [0.1, 0.15) is 5.56 Å². The van der Waals surface area contributed by atoms with Crippen LogP contribution in [-0.2, 0) is 6.54 Å². The highest BCUT2D eigenvalue weighted by Gasteiger charge is 2.24. The Balaban J connectivity index is 1.72. The Labute approximate surface area is 182 Å². The summed E-state index contributed by atoms with van der Waals surface area (Å²) in [7, 11) is 3.45. The fraction of sp³-hybridized carbons (Fsp3) is 0.150. The topological polar surface area (TPSA) is 111 Å². The van der Waals surface area contributed by atoms with E-state index < -0.39 is 4.92 Å². The summed E-state index contributed by atoms with van der Waals surface area (Å²) in [6.45, 7) is 0.627. The van der Waals surface area contributed by atoms with Gasteiger partial charge in [-0.1, -0.05) is 41.9 Å². The first-order valence-electron chi connectivity index (χ1n) is 9.25. The third-order valence-corrected chi connectivity index (χ3v) is 4.98. The monoisotopic (exact) mass is 439 g/mol. The second kappa shape index (κ2) is 8.44. The molecule has 0 aliphatic heterocycles. The van der Waals surface area contributed by atoms with Crippen LogP contribution in [0.5, 0.6) is 11.5 Å². The summed E-state index contributed by atoms with van der Waals surface area (Å²) in [5, 5.41) is 18.3. The molecule has 0 fully saturated rings. The number of hydrogen-bond donors (Lipinski definition) is 1. The Morgan fingerprint density at radius 1 is 1.23 bits per heavy atom. The highest BCUT2D eigenvalue weighted by molar-refractivity contribution is 6.35. The molecule has 1 N–H and O–H groups in total. The van der Waals surface area contributed by atoms with Gasteiger partial charge in [-0.25, -0.2) is 9.50 Å². The van der Waals surface area contributed by atoms with Crippen molar-refractivity contribution in [2.45, 2.75) is 6.54 Å². The normalized spacial score (nSPS) is 10.8. The standard InChI is InChI=1S/C20H18ClN7O3/c1-22-17-16(21)14(10-24-19(17)28(29)30)31-15-11-25-27-9-8-23-20(18(15)27)26(2)12-13-6-4-3-5-7-13/h3-11,22H,12H2,1-2H3. The zero-order valence-corrected chi connectivity index (χ0v) is 17.4. The van der Waals surface area contributed by atoms with Crippen molar-refractivity contribution in [3.8, 4) is 11.5 Å². The van der Waals surface area contributed by atoms with Crippen LogP contribution in [0.2, 0.25) is 5.02 Å². The molecule has 4 rings (SSSR count). The lowest BCUT2D eigenvalue weighted by Crippen LogP contribution is -2.18. The Morgan fingerprint density at radius 3 is 2.71 bits per heavy atom. The zero-order valence-electron chi connectivity index (χ0n) is 16.7. The third-order valence-electron chi connectivity index (χ3n) is 4.61. The lowest BCUT2D eigenvalue weighted by Gasteiger charge is -2.19. The highest BCUT2D eigenvalue weighted by Crippen LogP contribution is 2.40. The number of anilines is 2. The lowest BCUT2D eigenvalue weighted by atomic mass is 10.2. The summed E-state index contributed by atoms with van der Waals surface area (Å²) in [5.74, 6) is 0.818. The maximum Gasteiger partial charge on any atom is 0.388 e. The molecule has 1 aromatic carbocycles. The average molecular weight is 440 g/mol. The van der Waals surface area contributed by atoms with E-state index in [4.69, 9.17) is 16.3 Å². The van der Waals surface area contributed by atoms with Gasteiger partial charge in [-0.15, -0.1) is 0 Å². The molecule has 4 aromatic rings. The van der Waals surface area contributed by atoms with Gasteiger partial charge in [0.2, 0.25) is 0 Å². The summed E-state index contributed by atoms with van der Waals surface area (Å²) in [6, 6.07) is 9.99. The minimum absolute atomic E-state index is 0.0478. The second-order valence-corrected chi connectivity index (χ2v) is 7.02. The van der Waals surface area contributed by atoms with E-state index >= 15 is 0 Å². The molecular weight excluding hydrogens is 422 g/mol. The van der Waals surface area contributed by atoms with E-state index in [1.54, 1.807) is 16.9 Å². The molecule has 31 heavy (non-hydrogen) atoms. The Kier molecular flexibility index (Phi) is 5.54. The van der Waals surface area contributed by atoms with E-state index in [0.29, 0.717) is 23.6 Å². The van der Waals surface area contributed by atoms with Gasteiger partial charge in [0.25, 0.3) is 0 Å². The van der Waals surface area contributed by atoms with Crippen LogP contribution in [0, 0.1) is 10.1 Å². The smallest absolute Gasteiger partial charge is 0.388 e. The number of benzene rings is 1. The van der Waals surface area contributed by atoms with Gasteiger partial charge < -0.3 is 25.1 Å². The summed E-state index contributed by atoms with van der Waals surface area (Å²) in [4.78, 5) is 20.9. The van der Waals surface area contributed by atoms with E-state index in [9.17, 15) is 10.1 Å². The lowest BCUT2D eigenvalue weighted by molar-refractivity contribution is -0.388. The van der Waals surface area contributed by atoms with E-state index in [1.165, 1.54) is 19.4 Å². The molecule has 11 heteroatoms. The fourth-order valence-corrected chi connectivity index (χ4v) is 3.46. The molecule has 0 spiro atoms. The molecular formula is C20H18ClN7O3. The van der Waals surface area contributed by atoms with Crippen molar-refractivity contribution < 1.29 is 9.66 Å². The van der Waals surface area contributed by atoms with Crippen molar-refractivity contribution in [2.75, 3.05) is 24.3 Å². The molecule has 158 valence electrons. The van der Waals surface area contributed by atoms with Crippen molar-refractivity contribution in [3.63, 3.8) is 0 Å². The van der Waals surface area contributed by atoms with E-state index in [0.717, 1.165) is 5.56 Å². The largest absolute Gasteiger partial charge is 0.448 e. The predicted octanol–water partition coefficient (Wildman–Crippen LogP) is 4.16. The van der Waals surface area contributed by atoms with Crippen LogP contribution < -0.4 is 15.0 Å². The molecule has 0 amide bonds. The van der Waals surface area contributed by atoms with Gasteiger partial charge >= 0.3 is 5.82 Å². The number of hydrogen-bond acceptors (Lipinski definition) is 8. The van der Waals surface area contributed by atoms with E-state index in [-0.39, 0.29) is 22.3 Å². The summed E-state index contributed by atoms with van der Waals surface area (Å²) in [5.41, 5.74) is 1.82. The van der Waals surface area contributed by atoms with Crippen LogP contribution in [0.25, 0.3) is 5.52 Å². The number of rotatable bonds is 7. The predicted molar refractivity (Wildman–Crippen MR) is 117 cm³/mol. The fourth-order valence-electron chi connectivity index (χ4n) is 3.20. The zero-order chi connectivity index (χ0) is 22.0. The number of pyridine rings is 1. The van der Waals surface area contributed by atoms with Crippen LogP contribution >= 0.6 is 11.6 Å². The van der Waals surface area contributed by atoms with Gasteiger partial charge in [-0.05, 0) is 15.5 Å². The molecule has 3 aromatic heterocycles. The number of aromatic nitrogens is 4. The maximum absolute atomic E-state index is 11.2. The summed E-state index contributed by atoms with van der Waals surface area (Å²) in [6.07, 6.45) is 6.11. The summed E-state index contributed by atoms with van der Waals surface area (Å²) < 4.78 is 7.62. The highest BCUT2D eigenvalue weighted by atomic mass is 35.5. The van der Waals surface area contributed by atoms with Crippen LogP contribution in [0.4, 0.5) is 17.3 Å². The summed E-state index contributed by atoms with van der Waals surface area (Å²) >= 11 is 6.35. The Hall–Kier alpha value is -3.92. The molecule has 0 aliphatic rings. The Morgan fingerprint density at radius 2 is 2.00 bits per heavy atom. The number of nitro groups is 1. The minimum Gasteiger partial charge on any atom is -0.448 e. The molecule has 0 bridgehead atoms. The van der Waals surface area contributed by atoms with Gasteiger partial charge in [-0.2, -0.15) is 5.10 Å². The van der Waals surface area contributed by atoms with Gasteiger partial charge in [-0.3, -0.25) is 0 Å². The minimum atomic E-state index is -0.614. The number of ether oxygens (including phenoxy) is 1. The maximum atomic E-state index is 11.2. The first kappa shape index (κ1) is 20.4. The van der Waals surface area contributed by atoms with Crippen LogP contribution in [-0.4, -0.2) is 38.6 Å². The number of nitrogens with one attached hydrogen (secondary N) is 1. The third kappa shape index (κ3) is 3.92. The van der Waals surface area contributed by atoms with Gasteiger partial charge in [0.1, 0.15) is 5.02 Å². The number of fused-ring (bicyclic) bond motifs is 1. The molecule has 0 aliphatic carbocycles. The van der Waals surface area contributed by atoms with Crippen molar-refractivity contribution in [2.24, 2.45) is 0 Å². The van der Waals surface area contributed by atoms with Crippen molar-refractivity contribution in [1.82, 2.24) is 19.6 Å². The van der Waals surface area contributed by atoms with Crippen molar-refractivity contribution in [1.29, 1.82) is 0 Å². The molecule has 0 saturated carbocycles. The average Bonchev–Trinajstić information content (AvgIpc) is 3.18. The van der Waals surface area contributed by atoms with Gasteiger partial charge in [0.05, 0.1) is 6.20 Å². The molecule has 0 atom stereocenters. The van der Waals surface area contributed by atoms with Crippen molar-refractivity contribution >= 4 is 34.4 Å². The molecule has 3 heterocycles. The first-order valence-corrected chi connectivity index (χ1v) is 9.63. The Bertz CT molecular complexity index is 1250. The quantitative estimate of drug-likeness (QED) is 0.337. The first-order chi connectivity index (χ1) is 15.0. The molecule has 0 saturated heterocycles. The second-order valence-electron chi connectivity index (χ2n) is 6.64. The number of nitrogens with zero attached hydrogens (tertiary/aromatic N) is 6. The van der Waals surface area contributed by atoms with Gasteiger partial charge in [0.15, 0.2) is 34.7 Å². The molecule has 10 nitrogen and oxygen atoms in total. The van der Waals surface area contributed by atoms with Crippen LogP contribution in [0.3, 0.4) is 0 Å². The molecule has 0 unspecified atom stereocenters. The van der Waals surface area contributed by atoms with Crippen LogP contribution in [0.15, 0.2) is 55.1 Å². The van der Waals surface area contributed by atoms with Gasteiger partial charge in [0, 0.05) is 33.0 Å². The SMILES string of the molecule is CNc1c([N+](=O)[O-])ncc(Oc2cnn3ccnc(N(C)Cc4ccccc4)c23)c1Cl. The van der Waals surface area contributed by atoms with Crippen molar-refractivity contribution in [3.05, 3.63) is 75.8 Å². The number of halogens is 1. The van der Waals surface area contributed by atoms with E-state index in [1.807, 2.05) is 42.3 Å². The molecule has 0 radical (unpaired) electrons.